The van der Waals surface area contributed by atoms with Crippen LogP contribution in [0.25, 0.3) is 11.1 Å². The molecule has 0 fully saturated rings. The summed E-state index contributed by atoms with van der Waals surface area (Å²) in [6.07, 6.45) is 0.404. The van der Waals surface area contributed by atoms with E-state index in [-0.39, 0.29) is 12.3 Å². The summed E-state index contributed by atoms with van der Waals surface area (Å²) in [5.41, 5.74) is 4.21. The van der Waals surface area contributed by atoms with Crippen molar-refractivity contribution in [1.29, 1.82) is 0 Å². The van der Waals surface area contributed by atoms with Crippen LogP contribution in [0.15, 0.2) is 60.7 Å². The van der Waals surface area contributed by atoms with Crippen LogP contribution in [-0.4, -0.2) is 44.4 Å². The zero-order valence-electron chi connectivity index (χ0n) is 17.4. The van der Waals surface area contributed by atoms with Crippen LogP contribution in [0.1, 0.15) is 41.5 Å². The number of aliphatic carboxylic acids is 1. The smallest absolute Gasteiger partial charge is 0.332 e. The van der Waals surface area contributed by atoms with E-state index < -0.39 is 18.1 Å². The number of nitrogens with zero attached hydrogens (tertiary/aromatic N) is 1. The molecule has 0 saturated heterocycles. The Morgan fingerprint density at radius 3 is 2.39 bits per heavy atom. The van der Waals surface area contributed by atoms with Gasteiger partial charge < -0.3 is 15.5 Å². The molecule has 3 aromatic rings. The van der Waals surface area contributed by atoms with Gasteiger partial charge in [-0.15, -0.1) is 0 Å². The topological polar surface area (TPSA) is 115 Å². The summed E-state index contributed by atoms with van der Waals surface area (Å²) in [5, 5.41) is 28.6. The van der Waals surface area contributed by atoms with Gasteiger partial charge in [-0.3, -0.25) is 9.89 Å². The zero-order chi connectivity index (χ0) is 22.2. The molecule has 1 heterocycles. The van der Waals surface area contributed by atoms with Crippen LogP contribution in [0, 0.1) is 0 Å². The second kappa shape index (κ2) is 10.5. The van der Waals surface area contributed by atoms with E-state index in [1.165, 1.54) is 0 Å². The molecule has 31 heavy (non-hydrogen) atoms. The molecule has 162 valence electrons. The maximum Gasteiger partial charge on any atom is 0.332 e. The summed E-state index contributed by atoms with van der Waals surface area (Å²) in [7, 11) is 0. The van der Waals surface area contributed by atoms with Gasteiger partial charge in [0.05, 0.1) is 5.69 Å². The number of carbonyl (C=O) groups excluding carboxylic acids is 1. The van der Waals surface area contributed by atoms with Gasteiger partial charge in [0, 0.05) is 12.5 Å². The van der Waals surface area contributed by atoms with Crippen LogP contribution in [0.2, 0.25) is 0 Å². The highest BCUT2D eigenvalue weighted by molar-refractivity contribution is 5.92. The van der Waals surface area contributed by atoms with Crippen molar-refractivity contribution in [3.63, 3.8) is 0 Å². The highest BCUT2D eigenvalue weighted by Crippen LogP contribution is 2.20. The van der Waals surface area contributed by atoms with Gasteiger partial charge in [0.1, 0.15) is 5.69 Å². The zero-order valence-corrected chi connectivity index (χ0v) is 17.4. The lowest BCUT2D eigenvalue weighted by Crippen LogP contribution is -2.40. The van der Waals surface area contributed by atoms with E-state index in [1.54, 1.807) is 6.07 Å². The van der Waals surface area contributed by atoms with Gasteiger partial charge in [-0.1, -0.05) is 67.9 Å². The molecule has 3 rings (SSSR count). The molecule has 1 amide bonds. The fourth-order valence-electron chi connectivity index (χ4n) is 3.44. The van der Waals surface area contributed by atoms with Crippen molar-refractivity contribution in [3.05, 3.63) is 77.6 Å². The number of nitrogens with one attached hydrogen (secondary N) is 2. The first-order valence-corrected chi connectivity index (χ1v) is 10.4. The molecule has 2 aromatic carbocycles. The van der Waals surface area contributed by atoms with Crippen LogP contribution in [0.4, 0.5) is 0 Å². The van der Waals surface area contributed by atoms with Gasteiger partial charge in [0.25, 0.3) is 5.91 Å². The summed E-state index contributed by atoms with van der Waals surface area (Å²) in [6.45, 7) is 2.03. The van der Waals surface area contributed by atoms with Gasteiger partial charge >= 0.3 is 5.97 Å². The number of aliphatic hydroxyl groups excluding tert-OH is 1. The van der Waals surface area contributed by atoms with E-state index in [0.717, 1.165) is 35.2 Å². The number of aliphatic hydroxyl groups is 1. The minimum atomic E-state index is -1.56. The van der Waals surface area contributed by atoms with E-state index in [2.05, 4.69) is 15.5 Å². The number of aromatic nitrogens is 2. The Labute approximate surface area is 181 Å². The Hall–Kier alpha value is -3.45. The lowest BCUT2D eigenvalue weighted by Gasteiger charge is -2.20. The molecule has 0 saturated carbocycles. The van der Waals surface area contributed by atoms with Crippen molar-refractivity contribution in [2.24, 2.45) is 0 Å². The van der Waals surface area contributed by atoms with Crippen LogP contribution in [-0.2, 0) is 17.6 Å². The van der Waals surface area contributed by atoms with Crippen LogP contribution in [0.5, 0.6) is 0 Å². The largest absolute Gasteiger partial charge is 0.479 e. The molecule has 0 spiro atoms. The monoisotopic (exact) mass is 421 g/mol. The highest BCUT2D eigenvalue weighted by Gasteiger charge is 2.23. The standard InChI is InChI=1S/C24H27N3O4/c1-2-6-19-14-21(27-26-19)23(29)25-20(15-22(28)24(30)31)13-16-9-11-18(12-10-16)17-7-4-3-5-8-17/h3-5,7-12,14,20,22,28H,2,6,13,15H2,1H3,(H,25,29)(H,26,27)(H,30,31)/t20?,22-/m1/s1. The minimum Gasteiger partial charge on any atom is -0.479 e. The fourth-order valence-corrected chi connectivity index (χ4v) is 3.44. The number of hydrogen-bond donors (Lipinski definition) is 4. The van der Waals surface area contributed by atoms with E-state index in [0.29, 0.717) is 12.1 Å². The normalized spacial score (nSPS) is 12.8. The summed E-state index contributed by atoms with van der Waals surface area (Å²) in [6, 6.07) is 19.0. The number of rotatable bonds is 10. The summed E-state index contributed by atoms with van der Waals surface area (Å²) in [4.78, 5) is 23.8. The van der Waals surface area contributed by atoms with Crippen molar-refractivity contribution in [3.8, 4) is 11.1 Å². The number of carboxylic acids is 1. The van der Waals surface area contributed by atoms with Crippen LogP contribution in [0.3, 0.4) is 0 Å². The Kier molecular flexibility index (Phi) is 7.56. The maximum absolute atomic E-state index is 12.6. The highest BCUT2D eigenvalue weighted by atomic mass is 16.4. The molecule has 0 aliphatic heterocycles. The van der Waals surface area contributed by atoms with Crippen molar-refractivity contribution >= 4 is 11.9 Å². The van der Waals surface area contributed by atoms with Gasteiger partial charge in [0.2, 0.25) is 0 Å². The number of amides is 1. The van der Waals surface area contributed by atoms with E-state index in [9.17, 15) is 14.7 Å². The van der Waals surface area contributed by atoms with E-state index >= 15 is 0 Å². The molecule has 7 heteroatoms. The van der Waals surface area contributed by atoms with Crippen molar-refractivity contribution in [2.75, 3.05) is 0 Å². The van der Waals surface area contributed by atoms with Gasteiger partial charge in [-0.25, -0.2) is 4.79 Å². The lowest BCUT2D eigenvalue weighted by molar-refractivity contribution is -0.147. The second-order valence-corrected chi connectivity index (χ2v) is 7.55. The first kappa shape index (κ1) is 22.2. The van der Waals surface area contributed by atoms with E-state index in [4.69, 9.17) is 5.11 Å². The molecule has 2 atom stereocenters. The fraction of sp³-hybridized carbons (Fsp3) is 0.292. The average molecular weight is 421 g/mol. The summed E-state index contributed by atoms with van der Waals surface area (Å²) < 4.78 is 0. The number of carbonyl (C=O) groups is 2. The number of carboxylic acid groups (broad SMARTS) is 1. The predicted octanol–water partition coefficient (Wildman–Crippen LogP) is 3.21. The van der Waals surface area contributed by atoms with Gasteiger partial charge in [-0.05, 0) is 35.6 Å². The van der Waals surface area contributed by atoms with E-state index in [1.807, 2.05) is 61.5 Å². The molecular weight excluding hydrogens is 394 g/mol. The molecule has 7 nitrogen and oxygen atoms in total. The third-order valence-corrected chi connectivity index (χ3v) is 5.05. The Bertz CT molecular complexity index is 999. The van der Waals surface area contributed by atoms with Crippen molar-refractivity contribution < 1.29 is 19.8 Å². The average Bonchev–Trinajstić information content (AvgIpc) is 3.24. The van der Waals surface area contributed by atoms with Crippen molar-refractivity contribution in [1.82, 2.24) is 15.5 Å². The quantitative estimate of drug-likeness (QED) is 0.401. The number of aryl methyl sites for hydroxylation is 1. The number of benzene rings is 2. The molecule has 0 aliphatic rings. The predicted molar refractivity (Wildman–Crippen MR) is 118 cm³/mol. The number of hydrogen-bond acceptors (Lipinski definition) is 4. The van der Waals surface area contributed by atoms with Crippen LogP contribution < -0.4 is 5.32 Å². The Balaban J connectivity index is 1.72. The third kappa shape index (κ3) is 6.26. The molecule has 4 N–H and O–H groups in total. The first-order chi connectivity index (χ1) is 15.0. The first-order valence-electron chi connectivity index (χ1n) is 10.4. The molecule has 0 radical (unpaired) electrons. The molecule has 0 bridgehead atoms. The number of H-pyrrole nitrogens is 1. The summed E-state index contributed by atoms with van der Waals surface area (Å²) >= 11 is 0. The van der Waals surface area contributed by atoms with Crippen LogP contribution >= 0.6 is 0 Å². The van der Waals surface area contributed by atoms with Gasteiger partial charge in [-0.2, -0.15) is 5.10 Å². The number of aromatic amines is 1. The Morgan fingerprint density at radius 1 is 1.06 bits per heavy atom. The maximum atomic E-state index is 12.6. The molecule has 1 unspecified atom stereocenters. The minimum absolute atomic E-state index is 0.0997. The van der Waals surface area contributed by atoms with Crippen molar-refractivity contribution in [2.45, 2.75) is 44.8 Å². The third-order valence-electron chi connectivity index (χ3n) is 5.05. The molecule has 0 aliphatic carbocycles. The van der Waals surface area contributed by atoms with Gasteiger partial charge in [0.15, 0.2) is 6.10 Å². The summed E-state index contributed by atoms with van der Waals surface area (Å²) in [5.74, 6) is -1.69. The molecule has 1 aromatic heterocycles. The SMILES string of the molecule is CCCc1cc(C(=O)NC(Cc2ccc(-c3ccccc3)cc2)C[C@@H](O)C(=O)O)[nH]n1. The lowest BCUT2D eigenvalue weighted by atomic mass is 9.97. The Morgan fingerprint density at radius 2 is 1.74 bits per heavy atom. The second-order valence-electron chi connectivity index (χ2n) is 7.55. The molecular formula is C24H27N3O4.